The molecule has 3 aromatic rings. The molecule has 0 bridgehead atoms. The van der Waals surface area contributed by atoms with Gasteiger partial charge in [-0.2, -0.15) is 0 Å². The molecule has 126 valence electrons. The van der Waals surface area contributed by atoms with Gasteiger partial charge in [0.2, 0.25) is 0 Å². The van der Waals surface area contributed by atoms with E-state index in [4.69, 9.17) is 12.6 Å². The fourth-order valence-electron chi connectivity index (χ4n) is 2.59. The predicted octanol–water partition coefficient (Wildman–Crippen LogP) is 4.95. The number of aliphatic carboxylic acids is 1. The van der Waals surface area contributed by atoms with E-state index in [9.17, 15) is 4.79 Å². The van der Waals surface area contributed by atoms with E-state index >= 15 is 0 Å². The number of carbonyl (C=O) groups is 1. The lowest BCUT2D eigenvalue weighted by Gasteiger charge is -2.12. The van der Waals surface area contributed by atoms with Gasteiger partial charge < -0.3 is 9.84 Å². The number of aryl methyl sites for hydroxylation is 1. The summed E-state index contributed by atoms with van der Waals surface area (Å²) >= 11 is 0. The van der Waals surface area contributed by atoms with Crippen molar-refractivity contribution >= 4 is 5.97 Å². The van der Waals surface area contributed by atoms with Crippen LogP contribution in [0.1, 0.15) is 20.2 Å². The van der Waals surface area contributed by atoms with E-state index in [1.54, 1.807) is 24.3 Å². The molecule has 3 heteroatoms. The fraction of sp³-hybridized carbons (Fsp3) is 0.136. The number of ether oxygens (including phenoxy) is 1. The van der Waals surface area contributed by atoms with Gasteiger partial charge in [0.05, 0.1) is 0 Å². The lowest BCUT2D eigenvalue weighted by molar-refractivity contribution is -0.136. The van der Waals surface area contributed by atoms with E-state index in [0.29, 0.717) is 17.9 Å². The van der Waals surface area contributed by atoms with E-state index in [-0.39, 0.29) is 6.42 Å². The van der Waals surface area contributed by atoms with E-state index in [1.807, 2.05) is 36.4 Å². The molecule has 0 aliphatic carbocycles. The average molecular weight is 334 g/mol. The Morgan fingerprint density at radius 3 is 2.32 bits per heavy atom. The van der Waals surface area contributed by atoms with Gasteiger partial charge in [0.25, 0.3) is 0 Å². The zero-order valence-corrected chi connectivity index (χ0v) is 13.7. The number of carboxylic acid groups (broad SMARTS) is 1. The zero-order valence-electron chi connectivity index (χ0n) is 15.7. The summed E-state index contributed by atoms with van der Waals surface area (Å²) in [6, 6.07) is 25.0. The smallest absolute Gasteiger partial charge is 0.303 e. The van der Waals surface area contributed by atoms with Crippen LogP contribution in [0.3, 0.4) is 0 Å². The SMILES string of the molecule is [2H]C([2H])(Cc1ccc(OCc2ccccc2-c2ccccc2)cc1)C(=O)O. The Kier molecular flexibility index (Phi) is 4.66. The summed E-state index contributed by atoms with van der Waals surface area (Å²) < 4.78 is 20.9. The standard InChI is InChI=1S/C22H20O3/c23-22(24)15-12-17-10-13-20(14-11-17)25-16-19-8-4-5-9-21(19)18-6-2-1-3-7-18/h1-11,13-14H,12,15-16H2,(H,23,24)/i15D2. The van der Waals surface area contributed by atoms with Crippen LogP contribution in [0.15, 0.2) is 78.9 Å². The lowest BCUT2D eigenvalue weighted by Crippen LogP contribution is -1.99. The first-order chi connectivity index (χ1) is 13.0. The minimum absolute atomic E-state index is 0.181. The van der Waals surface area contributed by atoms with Crippen LogP contribution in [0.25, 0.3) is 11.1 Å². The Morgan fingerprint density at radius 1 is 0.920 bits per heavy atom. The molecule has 1 N–H and O–H groups in total. The number of carboxylic acids is 1. The highest BCUT2D eigenvalue weighted by molar-refractivity contribution is 5.67. The molecular weight excluding hydrogens is 312 g/mol. The Bertz CT molecular complexity index is 906. The molecule has 0 unspecified atom stereocenters. The molecule has 0 aliphatic rings. The van der Waals surface area contributed by atoms with Crippen LogP contribution in [0.2, 0.25) is 0 Å². The summed E-state index contributed by atoms with van der Waals surface area (Å²) in [4.78, 5) is 10.9. The summed E-state index contributed by atoms with van der Waals surface area (Å²) in [5.74, 6) is -0.808. The maximum absolute atomic E-state index is 10.9. The van der Waals surface area contributed by atoms with Gasteiger partial charge in [0, 0.05) is 9.11 Å². The first-order valence-electron chi connectivity index (χ1n) is 9.04. The van der Waals surface area contributed by atoms with Gasteiger partial charge >= 0.3 is 5.97 Å². The van der Waals surface area contributed by atoms with Crippen molar-refractivity contribution in [1.82, 2.24) is 0 Å². The van der Waals surface area contributed by atoms with Crippen LogP contribution in [0.5, 0.6) is 5.75 Å². The first kappa shape index (κ1) is 14.3. The fourth-order valence-corrected chi connectivity index (χ4v) is 2.59. The van der Waals surface area contributed by atoms with Crippen molar-refractivity contribution in [2.45, 2.75) is 19.4 Å². The summed E-state index contributed by atoms with van der Waals surface area (Å²) in [7, 11) is 0. The van der Waals surface area contributed by atoms with Gasteiger partial charge in [-0.3, -0.25) is 4.79 Å². The molecular formula is C22H20O3. The minimum atomic E-state index is -2.28. The zero-order chi connectivity index (χ0) is 19.3. The second-order valence-electron chi connectivity index (χ2n) is 5.61. The van der Waals surface area contributed by atoms with Crippen LogP contribution in [-0.4, -0.2) is 11.1 Å². The maximum atomic E-state index is 10.9. The van der Waals surface area contributed by atoms with E-state index in [2.05, 4.69) is 18.2 Å². The van der Waals surface area contributed by atoms with Crippen LogP contribution >= 0.6 is 0 Å². The number of hydrogen-bond donors (Lipinski definition) is 1. The molecule has 0 atom stereocenters. The van der Waals surface area contributed by atoms with Crippen molar-refractivity contribution in [1.29, 1.82) is 0 Å². The third kappa shape index (κ3) is 4.70. The van der Waals surface area contributed by atoms with Crippen LogP contribution < -0.4 is 4.74 Å². The molecule has 0 aromatic heterocycles. The normalized spacial score (nSPS) is 12.2. The van der Waals surface area contributed by atoms with Crippen LogP contribution in [0.4, 0.5) is 0 Å². The summed E-state index contributed by atoms with van der Waals surface area (Å²) in [6.07, 6.45) is -2.46. The second kappa shape index (κ2) is 8.15. The molecule has 3 nitrogen and oxygen atoms in total. The van der Waals surface area contributed by atoms with E-state index in [1.165, 1.54) is 0 Å². The molecule has 3 aromatic carbocycles. The third-order valence-corrected chi connectivity index (χ3v) is 3.86. The van der Waals surface area contributed by atoms with Gasteiger partial charge in [0.15, 0.2) is 0 Å². The minimum Gasteiger partial charge on any atom is -0.489 e. The molecule has 0 saturated heterocycles. The van der Waals surface area contributed by atoms with E-state index in [0.717, 1.165) is 16.7 Å². The Morgan fingerprint density at radius 2 is 1.60 bits per heavy atom. The summed E-state index contributed by atoms with van der Waals surface area (Å²) in [6.45, 7) is 0.403. The first-order valence-corrected chi connectivity index (χ1v) is 8.04. The van der Waals surface area contributed by atoms with Crippen molar-refractivity contribution in [2.75, 3.05) is 0 Å². The molecule has 3 rings (SSSR count). The molecule has 0 heterocycles. The largest absolute Gasteiger partial charge is 0.489 e. The Hall–Kier alpha value is -3.07. The number of hydrogen-bond acceptors (Lipinski definition) is 2. The molecule has 0 spiro atoms. The molecule has 0 fully saturated rings. The molecule has 25 heavy (non-hydrogen) atoms. The van der Waals surface area contributed by atoms with Crippen LogP contribution in [0, 0.1) is 0 Å². The van der Waals surface area contributed by atoms with E-state index < -0.39 is 12.3 Å². The van der Waals surface area contributed by atoms with Gasteiger partial charge in [-0.1, -0.05) is 66.7 Å². The van der Waals surface area contributed by atoms with Gasteiger partial charge in [-0.15, -0.1) is 0 Å². The Balaban J connectivity index is 1.69. The van der Waals surface area contributed by atoms with Crippen molar-refractivity contribution < 1.29 is 17.4 Å². The van der Waals surface area contributed by atoms with Crippen molar-refractivity contribution in [3.05, 3.63) is 90.0 Å². The van der Waals surface area contributed by atoms with Crippen molar-refractivity contribution in [3.63, 3.8) is 0 Å². The molecule has 0 saturated carbocycles. The molecule has 0 aliphatic heterocycles. The number of rotatable bonds is 7. The number of benzene rings is 3. The van der Waals surface area contributed by atoms with Crippen LogP contribution in [-0.2, 0) is 17.8 Å². The predicted molar refractivity (Wildman–Crippen MR) is 98.6 cm³/mol. The van der Waals surface area contributed by atoms with Gasteiger partial charge in [-0.25, -0.2) is 0 Å². The van der Waals surface area contributed by atoms with Crippen molar-refractivity contribution in [2.24, 2.45) is 0 Å². The van der Waals surface area contributed by atoms with Gasteiger partial charge in [0.1, 0.15) is 12.4 Å². The lowest BCUT2D eigenvalue weighted by atomic mass is 10.0. The Labute approximate surface area is 150 Å². The average Bonchev–Trinajstić information content (AvgIpc) is 2.68. The highest BCUT2D eigenvalue weighted by Crippen LogP contribution is 2.25. The molecule has 0 radical (unpaired) electrons. The van der Waals surface area contributed by atoms with Crippen molar-refractivity contribution in [3.8, 4) is 16.9 Å². The highest BCUT2D eigenvalue weighted by atomic mass is 16.5. The third-order valence-electron chi connectivity index (χ3n) is 3.86. The summed E-state index contributed by atoms with van der Waals surface area (Å²) in [5, 5.41) is 8.89. The molecule has 0 amide bonds. The topological polar surface area (TPSA) is 46.5 Å². The highest BCUT2D eigenvalue weighted by Gasteiger charge is 2.05. The quantitative estimate of drug-likeness (QED) is 0.665. The van der Waals surface area contributed by atoms with Gasteiger partial charge in [-0.05, 0) is 40.8 Å². The summed E-state index contributed by atoms with van der Waals surface area (Å²) in [5.41, 5.74) is 3.92. The second-order valence-corrected chi connectivity index (χ2v) is 5.61. The maximum Gasteiger partial charge on any atom is 0.303 e. The monoisotopic (exact) mass is 334 g/mol.